The topological polar surface area (TPSA) is 125 Å². The minimum Gasteiger partial charge on any atom is -0.351 e. The molecule has 2 aromatic carbocycles. The number of carbonyl (C=O) groups is 2. The van der Waals surface area contributed by atoms with Crippen LogP contribution in [0.4, 0.5) is 28.0 Å². The zero-order valence-electron chi connectivity index (χ0n) is 24.3. The zero-order chi connectivity index (χ0) is 32.1. The van der Waals surface area contributed by atoms with Crippen molar-refractivity contribution in [2.24, 2.45) is 10.7 Å². The van der Waals surface area contributed by atoms with Crippen LogP contribution in [0.15, 0.2) is 40.7 Å². The number of aryl methyl sites for hydroxylation is 2. The number of anilines is 1. The van der Waals surface area contributed by atoms with Crippen molar-refractivity contribution in [2.75, 3.05) is 25.0 Å². The van der Waals surface area contributed by atoms with Gasteiger partial charge in [0.2, 0.25) is 10.0 Å². The van der Waals surface area contributed by atoms with Crippen LogP contribution in [-0.4, -0.2) is 56.1 Å². The predicted octanol–water partition coefficient (Wildman–Crippen LogP) is 3.69. The smallest absolute Gasteiger partial charge is 0.351 e. The van der Waals surface area contributed by atoms with Crippen LogP contribution < -0.4 is 16.0 Å². The maximum absolute atomic E-state index is 13.7. The number of alkyl halides is 3. The molecular weight excluding hydrogens is 554 g/mol. The van der Waals surface area contributed by atoms with Crippen molar-refractivity contribution in [2.45, 2.75) is 38.4 Å². The number of benzene rings is 2. The number of aliphatic imine (C=N–C) groups is 1. The van der Waals surface area contributed by atoms with E-state index >= 15 is 0 Å². The van der Waals surface area contributed by atoms with Gasteiger partial charge in [0.15, 0.2) is 0 Å². The summed E-state index contributed by atoms with van der Waals surface area (Å²) in [5.74, 6) is -2.22. The van der Waals surface area contributed by atoms with Crippen molar-refractivity contribution < 1.29 is 39.7 Å². The van der Waals surface area contributed by atoms with Crippen molar-refractivity contribution in [3.05, 3.63) is 69.4 Å². The summed E-state index contributed by atoms with van der Waals surface area (Å²) in [5.41, 5.74) is 3.67. The Bertz CT molecular complexity index is 1630. The summed E-state index contributed by atoms with van der Waals surface area (Å²) in [6, 6.07) is 3.88. The molecule has 0 aromatic heterocycles. The second-order valence-electron chi connectivity index (χ2n) is 9.55. The normalized spacial score (nSPS) is 19.2. The van der Waals surface area contributed by atoms with Crippen LogP contribution in [0, 0.1) is 19.7 Å². The molecule has 0 bridgehead atoms. The number of amides is 3. The number of urea groups is 1. The number of piperidine rings is 1. The number of hydrogen-bond donors (Lipinski definition) is 2. The van der Waals surface area contributed by atoms with Gasteiger partial charge in [0.1, 0.15) is 17.2 Å². The van der Waals surface area contributed by atoms with Crippen LogP contribution >= 0.6 is 0 Å². The zero-order valence-corrected chi connectivity index (χ0v) is 22.2. The summed E-state index contributed by atoms with van der Waals surface area (Å²) < 4.78 is 103. The number of amidine groups is 1. The van der Waals surface area contributed by atoms with Crippen LogP contribution in [0.3, 0.4) is 0 Å². The van der Waals surface area contributed by atoms with Gasteiger partial charge >= 0.3 is 12.2 Å². The molecule has 1 saturated heterocycles. The molecule has 0 radical (unpaired) electrons. The van der Waals surface area contributed by atoms with Gasteiger partial charge in [0.05, 0.1) is 5.56 Å². The highest BCUT2D eigenvalue weighted by Crippen LogP contribution is 2.35. The summed E-state index contributed by atoms with van der Waals surface area (Å²) in [7, 11) is -4.00. The van der Waals surface area contributed by atoms with Crippen LogP contribution in [0.1, 0.15) is 44.8 Å². The SMILES string of the molecule is [2H]C([2H])([2H])N(C(N)=O)c1cc(C)c(/C=C/S(=O)(=O)N2CCC3(CC2)N=C(c2ccc(F)c(C(F)(F)F)c2)NC3=O)c(C)c1. The summed E-state index contributed by atoms with van der Waals surface area (Å²) in [4.78, 5) is 29.4. The first-order chi connectivity index (χ1) is 19.7. The molecule has 2 heterocycles. The molecule has 0 saturated carbocycles. The Morgan fingerprint density at radius 2 is 1.82 bits per heavy atom. The molecule has 40 heavy (non-hydrogen) atoms. The lowest BCUT2D eigenvalue weighted by molar-refractivity contribution is -0.140. The summed E-state index contributed by atoms with van der Waals surface area (Å²) >= 11 is 0. The Hall–Kier alpha value is -3.78. The Balaban J connectivity index is 1.52. The van der Waals surface area contributed by atoms with Crippen molar-refractivity contribution in [3.63, 3.8) is 0 Å². The Kier molecular flexibility index (Phi) is 6.50. The molecule has 0 unspecified atom stereocenters. The number of nitrogens with two attached hydrogens (primary N) is 1. The molecule has 0 atom stereocenters. The first kappa shape index (κ1) is 25.2. The predicted molar refractivity (Wildman–Crippen MR) is 141 cm³/mol. The van der Waals surface area contributed by atoms with Crippen molar-refractivity contribution >= 4 is 39.6 Å². The second kappa shape index (κ2) is 10.3. The Morgan fingerprint density at radius 1 is 1.20 bits per heavy atom. The van der Waals surface area contributed by atoms with Gasteiger partial charge in [-0.3, -0.25) is 14.7 Å². The van der Waals surface area contributed by atoms with Gasteiger partial charge in [0, 0.05) is 40.8 Å². The highest BCUT2D eigenvalue weighted by molar-refractivity contribution is 7.92. The van der Waals surface area contributed by atoms with E-state index in [9.17, 15) is 35.6 Å². The molecule has 3 amide bonds. The van der Waals surface area contributed by atoms with Gasteiger partial charge in [-0.15, -0.1) is 0 Å². The number of hydrogen-bond acceptors (Lipinski definition) is 5. The van der Waals surface area contributed by atoms with E-state index in [2.05, 4.69) is 10.3 Å². The molecule has 2 aliphatic rings. The van der Waals surface area contributed by atoms with Crippen molar-refractivity contribution in [1.82, 2.24) is 9.62 Å². The Morgan fingerprint density at radius 3 is 2.38 bits per heavy atom. The fourth-order valence-electron chi connectivity index (χ4n) is 4.70. The van der Waals surface area contributed by atoms with Gasteiger partial charge in [-0.25, -0.2) is 17.6 Å². The molecular formula is C26H27F4N5O4S. The standard InChI is InChI=1S/C26H27F4N5O4S/c1-15-12-18(34(3)24(31)37)13-16(2)19(15)6-11-40(38,39)35-9-7-25(8-10-35)23(36)32-22(33-25)17-4-5-21(27)20(14-17)26(28,29)30/h4-6,11-14H,7-10H2,1-3H3,(H2,31,37)(H,32,33,36)/b11-6+/i3D3. The fourth-order valence-corrected chi connectivity index (χ4v) is 5.88. The van der Waals surface area contributed by atoms with Crippen LogP contribution in [0.5, 0.6) is 0 Å². The first-order valence-corrected chi connectivity index (χ1v) is 13.4. The molecule has 214 valence electrons. The number of nitrogens with one attached hydrogen (secondary N) is 1. The molecule has 14 heteroatoms. The van der Waals surface area contributed by atoms with Crippen molar-refractivity contribution in [3.8, 4) is 0 Å². The van der Waals surface area contributed by atoms with E-state index in [0.717, 1.165) is 15.8 Å². The number of halogens is 4. The number of primary amides is 1. The lowest BCUT2D eigenvalue weighted by atomic mass is 9.89. The van der Waals surface area contributed by atoms with Gasteiger partial charge in [-0.2, -0.15) is 17.5 Å². The summed E-state index contributed by atoms with van der Waals surface area (Å²) in [6.45, 7) is 0.163. The number of carbonyl (C=O) groups excluding carboxylic acids is 2. The number of rotatable bonds is 5. The molecule has 4 rings (SSSR count). The average molecular weight is 585 g/mol. The van der Waals surface area contributed by atoms with Gasteiger partial charge in [0.25, 0.3) is 5.91 Å². The molecule has 2 aromatic rings. The van der Waals surface area contributed by atoms with Gasteiger partial charge in [-0.05, 0) is 79.8 Å². The average Bonchev–Trinajstić information content (AvgIpc) is 3.17. The quantitative estimate of drug-likeness (QED) is 0.520. The molecule has 9 nitrogen and oxygen atoms in total. The summed E-state index contributed by atoms with van der Waals surface area (Å²) in [6.07, 6.45) is -3.71. The van der Waals surface area contributed by atoms with E-state index in [1.807, 2.05) is 0 Å². The lowest BCUT2D eigenvalue weighted by Crippen LogP contribution is -2.50. The molecule has 0 aliphatic carbocycles. The minimum atomic E-state index is -4.95. The van der Waals surface area contributed by atoms with Crippen LogP contribution in [-0.2, 0) is 21.0 Å². The first-order valence-electron chi connectivity index (χ1n) is 13.4. The molecule has 1 spiro atoms. The van der Waals surface area contributed by atoms with Gasteiger partial charge in [-0.1, -0.05) is 0 Å². The molecule has 1 fully saturated rings. The van der Waals surface area contributed by atoms with E-state index in [-0.39, 0.29) is 43.0 Å². The lowest BCUT2D eigenvalue weighted by Gasteiger charge is -2.34. The Labute approximate surface area is 232 Å². The monoisotopic (exact) mass is 584 g/mol. The largest absolute Gasteiger partial charge is 0.419 e. The third-order valence-electron chi connectivity index (χ3n) is 6.90. The molecule has 3 N–H and O–H groups in total. The maximum Gasteiger partial charge on any atom is 0.419 e. The third kappa shape index (κ3) is 5.59. The van der Waals surface area contributed by atoms with Crippen molar-refractivity contribution in [1.29, 1.82) is 0 Å². The van der Waals surface area contributed by atoms with E-state index in [1.165, 1.54) is 18.2 Å². The van der Waals surface area contributed by atoms with Gasteiger partial charge < -0.3 is 11.1 Å². The maximum atomic E-state index is 13.7. The van der Waals surface area contributed by atoms with E-state index in [0.29, 0.717) is 33.7 Å². The minimum absolute atomic E-state index is 0.0221. The number of sulfonamides is 1. The summed E-state index contributed by atoms with van der Waals surface area (Å²) in [5, 5.41) is 3.41. The van der Waals surface area contributed by atoms with E-state index in [1.54, 1.807) is 13.8 Å². The fraction of sp³-hybridized carbons (Fsp3) is 0.346. The van der Waals surface area contributed by atoms with Crippen LogP contribution in [0.25, 0.3) is 6.08 Å². The van der Waals surface area contributed by atoms with E-state index in [4.69, 9.17) is 9.85 Å². The highest BCUT2D eigenvalue weighted by Gasteiger charge is 2.47. The number of nitrogens with zero attached hydrogens (tertiary/aromatic N) is 3. The highest BCUT2D eigenvalue weighted by atomic mass is 32.2. The molecule has 2 aliphatic heterocycles. The van der Waals surface area contributed by atoms with E-state index < -0.39 is 52.0 Å². The second-order valence-corrected chi connectivity index (χ2v) is 11.4. The third-order valence-corrected chi connectivity index (χ3v) is 8.46. The van der Waals surface area contributed by atoms with Crippen LogP contribution in [0.2, 0.25) is 0 Å².